The molecule has 2 N–H and O–H groups in total. The summed E-state index contributed by atoms with van der Waals surface area (Å²) in [5, 5.41) is 5.46. The predicted octanol–water partition coefficient (Wildman–Crippen LogP) is 2.88. The highest BCUT2D eigenvalue weighted by molar-refractivity contribution is 5.94. The summed E-state index contributed by atoms with van der Waals surface area (Å²) in [6.07, 6.45) is 0. The molecule has 138 valence electrons. The van der Waals surface area contributed by atoms with E-state index in [1.165, 1.54) is 6.92 Å². The SMILES string of the molecule is CCOC(=O)c1cc(C)n(CC(=O)Nc2cccc(NC(C)=O)c2)c1C. The fourth-order valence-corrected chi connectivity index (χ4v) is 2.68. The molecule has 7 heteroatoms. The van der Waals surface area contributed by atoms with Crippen LogP contribution in [0.25, 0.3) is 0 Å². The molecule has 0 fully saturated rings. The molecule has 0 saturated heterocycles. The summed E-state index contributed by atoms with van der Waals surface area (Å²) in [6.45, 7) is 7.16. The van der Waals surface area contributed by atoms with Crippen LogP contribution in [0, 0.1) is 13.8 Å². The number of rotatable bonds is 6. The van der Waals surface area contributed by atoms with Gasteiger partial charge < -0.3 is 19.9 Å². The maximum atomic E-state index is 12.4. The fraction of sp³-hybridized carbons (Fsp3) is 0.316. The third-order valence-corrected chi connectivity index (χ3v) is 3.84. The van der Waals surface area contributed by atoms with Gasteiger partial charge in [0.15, 0.2) is 0 Å². The van der Waals surface area contributed by atoms with Gasteiger partial charge in [0.1, 0.15) is 6.54 Å². The molecular formula is C19H23N3O4. The average molecular weight is 357 g/mol. The fourth-order valence-electron chi connectivity index (χ4n) is 2.68. The Hall–Kier alpha value is -3.09. The van der Waals surface area contributed by atoms with E-state index in [9.17, 15) is 14.4 Å². The van der Waals surface area contributed by atoms with Crippen molar-refractivity contribution < 1.29 is 19.1 Å². The highest BCUT2D eigenvalue weighted by atomic mass is 16.5. The molecule has 26 heavy (non-hydrogen) atoms. The van der Waals surface area contributed by atoms with Crippen molar-refractivity contribution in [3.05, 3.63) is 47.3 Å². The van der Waals surface area contributed by atoms with Crippen molar-refractivity contribution >= 4 is 29.2 Å². The Morgan fingerprint density at radius 2 is 1.73 bits per heavy atom. The minimum atomic E-state index is -0.393. The minimum Gasteiger partial charge on any atom is -0.462 e. The first kappa shape index (κ1) is 19.2. The molecule has 0 aliphatic heterocycles. The summed E-state index contributed by atoms with van der Waals surface area (Å²) in [5.41, 5.74) is 3.13. The van der Waals surface area contributed by atoms with Crippen LogP contribution in [0.15, 0.2) is 30.3 Å². The molecule has 0 saturated carbocycles. The van der Waals surface area contributed by atoms with E-state index in [2.05, 4.69) is 10.6 Å². The Labute approximate surface area is 152 Å². The summed E-state index contributed by atoms with van der Waals surface area (Å²) < 4.78 is 6.80. The van der Waals surface area contributed by atoms with Crippen molar-refractivity contribution in [1.82, 2.24) is 4.57 Å². The van der Waals surface area contributed by atoms with Crippen molar-refractivity contribution in [3.8, 4) is 0 Å². The van der Waals surface area contributed by atoms with Gasteiger partial charge >= 0.3 is 5.97 Å². The number of aromatic nitrogens is 1. The lowest BCUT2D eigenvalue weighted by Crippen LogP contribution is -2.20. The lowest BCUT2D eigenvalue weighted by Gasteiger charge is -2.11. The van der Waals surface area contributed by atoms with Crippen LogP contribution in [0.5, 0.6) is 0 Å². The first-order valence-electron chi connectivity index (χ1n) is 8.33. The van der Waals surface area contributed by atoms with Crippen LogP contribution in [0.3, 0.4) is 0 Å². The van der Waals surface area contributed by atoms with Gasteiger partial charge in [0, 0.05) is 29.7 Å². The van der Waals surface area contributed by atoms with Crippen LogP contribution in [0.1, 0.15) is 35.6 Å². The monoisotopic (exact) mass is 357 g/mol. The Morgan fingerprint density at radius 3 is 2.35 bits per heavy atom. The molecule has 2 amide bonds. The molecule has 1 heterocycles. The summed E-state index contributed by atoms with van der Waals surface area (Å²) in [7, 11) is 0. The lowest BCUT2D eigenvalue weighted by atomic mass is 10.2. The van der Waals surface area contributed by atoms with Crippen molar-refractivity contribution in [2.45, 2.75) is 34.2 Å². The van der Waals surface area contributed by atoms with Crippen LogP contribution in [-0.4, -0.2) is 29.0 Å². The number of amides is 2. The molecule has 0 atom stereocenters. The molecule has 1 aromatic carbocycles. The number of ether oxygens (including phenoxy) is 1. The maximum Gasteiger partial charge on any atom is 0.339 e. The van der Waals surface area contributed by atoms with E-state index in [1.807, 2.05) is 6.92 Å². The van der Waals surface area contributed by atoms with Gasteiger partial charge in [-0.3, -0.25) is 9.59 Å². The molecule has 0 spiro atoms. The van der Waals surface area contributed by atoms with E-state index in [-0.39, 0.29) is 18.4 Å². The molecule has 0 aliphatic rings. The van der Waals surface area contributed by atoms with Gasteiger partial charge in [-0.2, -0.15) is 0 Å². The number of nitrogens with one attached hydrogen (secondary N) is 2. The average Bonchev–Trinajstić information content (AvgIpc) is 2.83. The smallest absolute Gasteiger partial charge is 0.339 e. The summed E-state index contributed by atoms with van der Waals surface area (Å²) >= 11 is 0. The normalized spacial score (nSPS) is 10.3. The summed E-state index contributed by atoms with van der Waals surface area (Å²) in [5.74, 6) is -0.809. The zero-order valence-electron chi connectivity index (χ0n) is 15.4. The summed E-state index contributed by atoms with van der Waals surface area (Å²) in [6, 6.07) is 8.62. The van der Waals surface area contributed by atoms with E-state index >= 15 is 0 Å². The molecule has 7 nitrogen and oxygen atoms in total. The Balaban J connectivity index is 2.11. The van der Waals surface area contributed by atoms with E-state index in [0.717, 1.165) is 5.69 Å². The first-order chi connectivity index (χ1) is 12.3. The van der Waals surface area contributed by atoms with Crippen molar-refractivity contribution in [2.75, 3.05) is 17.2 Å². The third kappa shape index (κ3) is 4.72. The first-order valence-corrected chi connectivity index (χ1v) is 8.33. The minimum absolute atomic E-state index is 0.0709. The van der Waals surface area contributed by atoms with Crippen LogP contribution in [0.2, 0.25) is 0 Å². The molecule has 0 radical (unpaired) electrons. The van der Waals surface area contributed by atoms with Gasteiger partial charge in [-0.25, -0.2) is 4.79 Å². The van der Waals surface area contributed by atoms with E-state index in [4.69, 9.17) is 4.74 Å². The van der Waals surface area contributed by atoms with Crippen LogP contribution in [-0.2, 0) is 20.9 Å². The van der Waals surface area contributed by atoms with Gasteiger partial charge in [0.05, 0.1) is 12.2 Å². The number of anilines is 2. The van der Waals surface area contributed by atoms with Crippen LogP contribution in [0.4, 0.5) is 11.4 Å². The second kappa shape index (κ2) is 8.33. The van der Waals surface area contributed by atoms with Crippen molar-refractivity contribution in [2.24, 2.45) is 0 Å². The van der Waals surface area contributed by atoms with E-state index in [1.54, 1.807) is 48.7 Å². The standard InChI is InChI=1S/C19H23N3O4/c1-5-26-19(25)17-9-12(2)22(13(17)3)11-18(24)21-16-8-6-7-15(10-16)20-14(4)23/h6-10H,5,11H2,1-4H3,(H,20,23)(H,21,24). The zero-order valence-corrected chi connectivity index (χ0v) is 15.4. The highest BCUT2D eigenvalue weighted by Crippen LogP contribution is 2.18. The topological polar surface area (TPSA) is 89.4 Å². The number of esters is 1. The number of carbonyl (C=O) groups excluding carboxylic acids is 3. The van der Waals surface area contributed by atoms with Crippen LogP contribution < -0.4 is 10.6 Å². The predicted molar refractivity (Wildman–Crippen MR) is 99.2 cm³/mol. The number of carbonyl (C=O) groups is 3. The van der Waals surface area contributed by atoms with Crippen molar-refractivity contribution in [1.29, 1.82) is 0 Å². The second-order valence-electron chi connectivity index (χ2n) is 5.90. The third-order valence-electron chi connectivity index (χ3n) is 3.84. The lowest BCUT2D eigenvalue weighted by molar-refractivity contribution is -0.117. The van der Waals surface area contributed by atoms with E-state index < -0.39 is 5.97 Å². The van der Waals surface area contributed by atoms with Gasteiger partial charge in [0.2, 0.25) is 11.8 Å². The van der Waals surface area contributed by atoms with Gasteiger partial charge in [0.25, 0.3) is 0 Å². The molecule has 0 bridgehead atoms. The Bertz CT molecular complexity index is 839. The number of benzene rings is 1. The molecular weight excluding hydrogens is 334 g/mol. The molecule has 1 aromatic heterocycles. The Kier molecular flexibility index (Phi) is 6.16. The van der Waals surface area contributed by atoms with Gasteiger partial charge in [-0.05, 0) is 45.0 Å². The second-order valence-corrected chi connectivity index (χ2v) is 5.90. The number of nitrogens with zero attached hydrogens (tertiary/aromatic N) is 1. The van der Waals surface area contributed by atoms with Gasteiger partial charge in [-0.15, -0.1) is 0 Å². The highest BCUT2D eigenvalue weighted by Gasteiger charge is 2.18. The quantitative estimate of drug-likeness (QED) is 0.778. The Morgan fingerprint density at radius 1 is 1.08 bits per heavy atom. The molecule has 2 rings (SSSR count). The van der Waals surface area contributed by atoms with Crippen LogP contribution >= 0.6 is 0 Å². The number of aryl methyl sites for hydroxylation is 1. The number of hydrogen-bond acceptors (Lipinski definition) is 4. The zero-order chi connectivity index (χ0) is 19.3. The molecule has 0 aliphatic carbocycles. The van der Waals surface area contributed by atoms with Gasteiger partial charge in [-0.1, -0.05) is 6.07 Å². The summed E-state index contributed by atoms with van der Waals surface area (Å²) in [4.78, 5) is 35.5. The molecule has 0 unspecified atom stereocenters. The van der Waals surface area contributed by atoms with E-state index in [0.29, 0.717) is 29.2 Å². The maximum absolute atomic E-state index is 12.4. The molecule has 2 aromatic rings. The largest absolute Gasteiger partial charge is 0.462 e. The van der Waals surface area contributed by atoms with Crippen molar-refractivity contribution in [3.63, 3.8) is 0 Å². The number of hydrogen-bond donors (Lipinski definition) is 2.